The zero-order valence-electron chi connectivity index (χ0n) is 12.4. The van der Waals surface area contributed by atoms with E-state index in [0.717, 1.165) is 44.2 Å². The zero-order valence-corrected chi connectivity index (χ0v) is 14.0. The fourth-order valence-electron chi connectivity index (χ4n) is 2.63. The molecule has 3 rings (SSSR count). The first-order valence-electron chi connectivity index (χ1n) is 7.04. The SMILES string of the molecule is Cl.Cl.Nc1cccc(CN2CCN(c3ccccn3)CC2)c1. The van der Waals surface area contributed by atoms with Crippen molar-refractivity contribution < 1.29 is 0 Å². The minimum Gasteiger partial charge on any atom is -0.399 e. The molecule has 2 heterocycles. The monoisotopic (exact) mass is 340 g/mol. The van der Waals surface area contributed by atoms with Gasteiger partial charge in [0.25, 0.3) is 0 Å². The Labute approximate surface area is 144 Å². The fraction of sp³-hybridized carbons (Fsp3) is 0.312. The summed E-state index contributed by atoms with van der Waals surface area (Å²) in [5.74, 6) is 1.08. The molecule has 0 radical (unpaired) electrons. The van der Waals surface area contributed by atoms with Crippen molar-refractivity contribution in [1.82, 2.24) is 9.88 Å². The van der Waals surface area contributed by atoms with Crippen LogP contribution >= 0.6 is 24.8 Å². The highest BCUT2D eigenvalue weighted by Crippen LogP contribution is 2.15. The molecule has 2 aromatic rings. The van der Waals surface area contributed by atoms with Gasteiger partial charge in [0.1, 0.15) is 5.82 Å². The molecule has 0 aliphatic carbocycles. The van der Waals surface area contributed by atoms with Gasteiger partial charge in [0.2, 0.25) is 0 Å². The van der Waals surface area contributed by atoms with Gasteiger partial charge in [-0.15, -0.1) is 24.8 Å². The van der Waals surface area contributed by atoms with E-state index in [4.69, 9.17) is 5.73 Å². The van der Waals surface area contributed by atoms with Gasteiger partial charge in [-0.1, -0.05) is 18.2 Å². The van der Waals surface area contributed by atoms with Gasteiger partial charge in [0, 0.05) is 44.6 Å². The fourth-order valence-corrected chi connectivity index (χ4v) is 2.63. The largest absolute Gasteiger partial charge is 0.399 e. The van der Waals surface area contributed by atoms with Crippen LogP contribution < -0.4 is 10.6 Å². The number of halogens is 2. The summed E-state index contributed by atoms with van der Waals surface area (Å²) >= 11 is 0. The summed E-state index contributed by atoms with van der Waals surface area (Å²) in [5.41, 5.74) is 7.96. The van der Waals surface area contributed by atoms with Crippen LogP contribution in [-0.4, -0.2) is 36.1 Å². The van der Waals surface area contributed by atoms with Crippen LogP contribution in [0.1, 0.15) is 5.56 Å². The Balaban J connectivity index is 0.00000121. The zero-order chi connectivity index (χ0) is 13.8. The van der Waals surface area contributed by atoms with Crippen LogP contribution in [0.5, 0.6) is 0 Å². The van der Waals surface area contributed by atoms with Crippen molar-refractivity contribution in [2.45, 2.75) is 6.54 Å². The maximum absolute atomic E-state index is 5.83. The summed E-state index contributed by atoms with van der Waals surface area (Å²) in [6.45, 7) is 5.15. The molecule has 0 unspecified atom stereocenters. The molecule has 1 aromatic heterocycles. The van der Waals surface area contributed by atoms with E-state index in [-0.39, 0.29) is 24.8 Å². The van der Waals surface area contributed by atoms with Gasteiger partial charge in [-0.05, 0) is 29.8 Å². The number of hydrogen-bond acceptors (Lipinski definition) is 4. The van der Waals surface area contributed by atoms with E-state index >= 15 is 0 Å². The summed E-state index contributed by atoms with van der Waals surface area (Å²) in [6.07, 6.45) is 1.86. The number of nitrogens with zero attached hydrogens (tertiary/aromatic N) is 3. The van der Waals surface area contributed by atoms with Gasteiger partial charge in [-0.2, -0.15) is 0 Å². The van der Waals surface area contributed by atoms with E-state index in [1.165, 1.54) is 5.56 Å². The van der Waals surface area contributed by atoms with Gasteiger partial charge in [-0.3, -0.25) is 4.90 Å². The second-order valence-corrected chi connectivity index (χ2v) is 5.20. The summed E-state index contributed by atoms with van der Waals surface area (Å²) in [4.78, 5) is 9.22. The van der Waals surface area contributed by atoms with Crippen molar-refractivity contribution in [1.29, 1.82) is 0 Å². The lowest BCUT2D eigenvalue weighted by atomic mass is 10.2. The Morgan fingerprint density at radius 1 is 0.955 bits per heavy atom. The molecule has 1 aliphatic heterocycles. The first kappa shape index (κ1) is 18.6. The molecule has 0 saturated carbocycles. The molecule has 6 heteroatoms. The van der Waals surface area contributed by atoms with Gasteiger partial charge in [0.15, 0.2) is 0 Å². The van der Waals surface area contributed by atoms with Crippen LogP contribution in [0.3, 0.4) is 0 Å². The van der Waals surface area contributed by atoms with Crippen LogP contribution in [0, 0.1) is 0 Å². The van der Waals surface area contributed by atoms with Crippen LogP contribution in [0.4, 0.5) is 11.5 Å². The highest BCUT2D eigenvalue weighted by Gasteiger charge is 2.17. The third-order valence-corrected chi connectivity index (χ3v) is 3.70. The number of pyridine rings is 1. The standard InChI is InChI=1S/C16H20N4.2ClH/c17-15-5-3-4-14(12-15)13-19-8-10-20(11-9-19)16-6-1-2-7-18-16;;/h1-7,12H,8-11,13,17H2;2*1H. The Morgan fingerprint density at radius 2 is 1.73 bits per heavy atom. The molecule has 4 nitrogen and oxygen atoms in total. The van der Waals surface area contributed by atoms with E-state index in [9.17, 15) is 0 Å². The van der Waals surface area contributed by atoms with E-state index in [1.54, 1.807) is 0 Å². The maximum Gasteiger partial charge on any atom is 0.128 e. The predicted molar refractivity (Wildman–Crippen MR) is 97.1 cm³/mol. The molecular weight excluding hydrogens is 319 g/mol. The topological polar surface area (TPSA) is 45.4 Å². The van der Waals surface area contributed by atoms with Crippen molar-refractivity contribution in [3.63, 3.8) is 0 Å². The van der Waals surface area contributed by atoms with Crippen molar-refractivity contribution in [2.24, 2.45) is 0 Å². The summed E-state index contributed by atoms with van der Waals surface area (Å²) < 4.78 is 0. The molecule has 0 atom stereocenters. The molecule has 1 saturated heterocycles. The lowest BCUT2D eigenvalue weighted by molar-refractivity contribution is 0.249. The third kappa shape index (κ3) is 4.77. The van der Waals surface area contributed by atoms with Crippen LogP contribution in [0.25, 0.3) is 0 Å². The molecular formula is C16H22Cl2N4. The molecule has 0 bridgehead atoms. The summed E-state index contributed by atoms with van der Waals surface area (Å²) in [5, 5.41) is 0. The normalized spacial score (nSPS) is 14.8. The number of anilines is 2. The average molecular weight is 341 g/mol. The van der Waals surface area contributed by atoms with Gasteiger partial charge in [-0.25, -0.2) is 4.98 Å². The third-order valence-electron chi connectivity index (χ3n) is 3.70. The van der Waals surface area contributed by atoms with Gasteiger partial charge in [0.05, 0.1) is 0 Å². The van der Waals surface area contributed by atoms with Crippen molar-refractivity contribution in [2.75, 3.05) is 36.8 Å². The Bertz CT molecular complexity index is 557. The number of nitrogen functional groups attached to an aromatic ring is 1. The molecule has 0 amide bonds. The van der Waals surface area contributed by atoms with E-state index in [0.29, 0.717) is 0 Å². The van der Waals surface area contributed by atoms with Crippen LogP contribution in [-0.2, 0) is 6.54 Å². The Morgan fingerprint density at radius 3 is 2.36 bits per heavy atom. The lowest BCUT2D eigenvalue weighted by Gasteiger charge is -2.35. The van der Waals surface area contributed by atoms with E-state index in [2.05, 4.69) is 33.0 Å². The Hall–Kier alpha value is -1.49. The van der Waals surface area contributed by atoms with Crippen molar-refractivity contribution >= 4 is 36.3 Å². The first-order chi connectivity index (χ1) is 9.81. The number of benzene rings is 1. The highest BCUT2D eigenvalue weighted by atomic mass is 35.5. The second kappa shape index (κ2) is 8.83. The van der Waals surface area contributed by atoms with E-state index in [1.807, 2.05) is 30.5 Å². The smallest absolute Gasteiger partial charge is 0.128 e. The minimum absolute atomic E-state index is 0. The van der Waals surface area contributed by atoms with Crippen LogP contribution in [0.2, 0.25) is 0 Å². The molecule has 0 spiro atoms. The number of nitrogens with two attached hydrogens (primary N) is 1. The minimum atomic E-state index is 0. The number of piperazine rings is 1. The Kier molecular flexibility index (Phi) is 7.45. The van der Waals surface area contributed by atoms with Crippen molar-refractivity contribution in [3.8, 4) is 0 Å². The first-order valence-corrected chi connectivity index (χ1v) is 7.04. The molecule has 1 fully saturated rings. The van der Waals surface area contributed by atoms with Crippen molar-refractivity contribution in [3.05, 3.63) is 54.2 Å². The van der Waals surface area contributed by atoms with Gasteiger partial charge < -0.3 is 10.6 Å². The summed E-state index contributed by atoms with van der Waals surface area (Å²) in [6, 6.07) is 14.2. The molecule has 120 valence electrons. The number of rotatable bonds is 3. The quantitative estimate of drug-likeness (QED) is 0.872. The van der Waals surface area contributed by atoms with Crippen LogP contribution in [0.15, 0.2) is 48.7 Å². The number of aromatic nitrogens is 1. The molecule has 2 N–H and O–H groups in total. The predicted octanol–water partition coefficient (Wildman–Crippen LogP) is 2.83. The van der Waals surface area contributed by atoms with Gasteiger partial charge >= 0.3 is 0 Å². The highest BCUT2D eigenvalue weighted by molar-refractivity contribution is 5.85. The average Bonchev–Trinajstić information content (AvgIpc) is 2.49. The molecule has 22 heavy (non-hydrogen) atoms. The number of hydrogen-bond donors (Lipinski definition) is 1. The molecule has 1 aliphatic rings. The van der Waals surface area contributed by atoms with E-state index < -0.39 is 0 Å². The maximum atomic E-state index is 5.83. The second-order valence-electron chi connectivity index (χ2n) is 5.20. The molecule has 1 aromatic carbocycles. The summed E-state index contributed by atoms with van der Waals surface area (Å²) in [7, 11) is 0. The lowest BCUT2D eigenvalue weighted by Crippen LogP contribution is -2.46.